The van der Waals surface area contributed by atoms with Gasteiger partial charge in [-0.1, -0.05) is 34.1 Å². The average molecular weight is 279 g/mol. The maximum absolute atomic E-state index is 9.04. The van der Waals surface area contributed by atoms with Gasteiger partial charge in [0.05, 0.1) is 11.5 Å². The van der Waals surface area contributed by atoms with Crippen LogP contribution in [0.25, 0.3) is 0 Å². The Bertz CT molecular complexity index is 418. The van der Waals surface area contributed by atoms with Crippen LogP contribution in [-0.4, -0.2) is 18.5 Å². The molecule has 0 atom stereocenters. The van der Waals surface area contributed by atoms with Crippen LogP contribution in [0.15, 0.2) is 28.7 Å². The number of hydrogen-bond acceptors (Lipinski definition) is 2. The highest BCUT2D eigenvalue weighted by Gasteiger charge is 2.43. The van der Waals surface area contributed by atoms with Crippen molar-refractivity contribution in [3.05, 3.63) is 34.3 Å². The maximum atomic E-state index is 9.04. The molecule has 2 rings (SSSR count). The van der Waals surface area contributed by atoms with E-state index in [4.69, 9.17) is 5.26 Å². The lowest BCUT2D eigenvalue weighted by Gasteiger charge is -2.19. The van der Waals surface area contributed by atoms with E-state index in [0.29, 0.717) is 0 Å². The molecule has 16 heavy (non-hydrogen) atoms. The molecule has 0 spiro atoms. The topological polar surface area (TPSA) is 27.0 Å². The fourth-order valence-corrected chi connectivity index (χ4v) is 2.36. The summed E-state index contributed by atoms with van der Waals surface area (Å²) in [5.41, 5.74) is 1.23. The summed E-state index contributed by atoms with van der Waals surface area (Å²) in [7, 11) is 2.08. The van der Waals surface area contributed by atoms with Gasteiger partial charge in [-0.3, -0.25) is 0 Å². The molecule has 0 heterocycles. The van der Waals surface area contributed by atoms with E-state index in [1.165, 1.54) is 5.56 Å². The first-order chi connectivity index (χ1) is 7.65. The lowest BCUT2D eigenvalue weighted by molar-refractivity contribution is 0.286. The minimum atomic E-state index is -0.0456. The van der Waals surface area contributed by atoms with Gasteiger partial charge in [0, 0.05) is 17.6 Å². The highest BCUT2D eigenvalue weighted by atomic mass is 79.9. The van der Waals surface area contributed by atoms with Crippen molar-refractivity contribution in [1.29, 1.82) is 5.26 Å². The van der Waals surface area contributed by atoms with Crippen molar-refractivity contribution in [2.24, 2.45) is 5.41 Å². The van der Waals surface area contributed by atoms with Crippen molar-refractivity contribution >= 4 is 15.9 Å². The standard InChI is InChI=1S/C13H15BrN2/c1-16(10-13(9-15)6-7-13)8-11-4-2-3-5-12(11)14/h2-5H,6-8,10H2,1H3. The number of halogens is 1. The smallest absolute Gasteiger partial charge is 0.0703 e. The molecule has 2 nitrogen and oxygen atoms in total. The quantitative estimate of drug-likeness (QED) is 0.846. The van der Waals surface area contributed by atoms with E-state index in [0.717, 1.165) is 30.4 Å². The first-order valence-corrected chi connectivity index (χ1v) is 6.28. The van der Waals surface area contributed by atoms with Crippen LogP contribution in [0.5, 0.6) is 0 Å². The van der Waals surface area contributed by atoms with E-state index in [1.807, 2.05) is 12.1 Å². The Labute approximate surface area is 105 Å². The third kappa shape index (κ3) is 2.63. The van der Waals surface area contributed by atoms with Crippen LogP contribution in [-0.2, 0) is 6.54 Å². The van der Waals surface area contributed by atoms with E-state index in [9.17, 15) is 0 Å². The largest absolute Gasteiger partial charge is 0.300 e. The molecule has 1 aromatic carbocycles. The Hall–Kier alpha value is -0.850. The zero-order valence-electron chi connectivity index (χ0n) is 9.41. The van der Waals surface area contributed by atoms with Gasteiger partial charge in [0.15, 0.2) is 0 Å². The van der Waals surface area contributed by atoms with Crippen molar-refractivity contribution in [2.45, 2.75) is 19.4 Å². The predicted molar refractivity (Wildman–Crippen MR) is 67.8 cm³/mol. The fraction of sp³-hybridized carbons (Fsp3) is 0.462. The molecule has 0 bridgehead atoms. The Morgan fingerprint density at radius 1 is 1.44 bits per heavy atom. The van der Waals surface area contributed by atoms with Crippen molar-refractivity contribution in [1.82, 2.24) is 4.90 Å². The van der Waals surface area contributed by atoms with Crippen molar-refractivity contribution < 1.29 is 0 Å². The first kappa shape index (κ1) is 11.6. The molecule has 1 aliphatic carbocycles. The van der Waals surface area contributed by atoms with Crippen molar-refractivity contribution in [3.63, 3.8) is 0 Å². The van der Waals surface area contributed by atoms with E-state index >= 15 is 0 Å². The summed E-state index contributed by atoms with van der Waals surface area (Å²) in [6, 6.07) is 10.7. The zero-order valence-corrected chi connectivity index (χ0v) is 11.0. The minimum Gasteiger partial charge on any atom is -0.300 e. The summed E-state index contributed by atoms with van der Waals surface area (Å²) >= 11 is 3.55. The number of rotatable bonds is 4. The van der Waals surface area contributed by atoms with Crippen LogP contribution < -0.4 is 0 Å². The SMILES string of the molecule is CN(Cc1ccccc1Br)CC1(C#N)CC1. The van der Waals surface area contributed by atoms with Crippen LogP contribution in [0.4, 0.5) is 0 Å². The van der Waals surface area contributed by atoms with Crippen LogP contribution in [0.2, 0.25) is 0 Å². The van der Waals surface area contributed by atoms with Gasteiger partial charge in [0.25, 0.3) is 0 Å². The number of nitrogens with zero attached hydrogens (tertiary/aromatic N) is 2. The molecule has 3 heteroatoms. The predicted octanol–water partition coefficient (Wildman–Crippen LogP) is 3.18. The molecule has 0 radical (unpaired) electrons. The summed E-state index contributed by atoms with van der Waals surface area (Å²) in [6.07, 6.45) is 2.12. The van der Waals surface area contributed by atoms with Gasteiger partial charge >= 0.3 is 0 Å². The molecule has 0 N–H and O–H groups in total. The average Bonchev–Trinajstić information content (AvgIpc) is 3.02. The maximum Gasteiger partial charge on any atom is 0.0703 e. The van der Waals surface area contributed by atoms with Crippen molar-refractivity contribution in [3.8, 4) is 6.07 Å². The summed E-state index contributed by atoms with van der Waals surface area (Å²) in [5, 5.41) is 9.04. The van der Waals surface area contributed by atoms with Gasteiger partial charge in [-0.05, 0) is 31.5 Å². The monoisotopic (exact) mass is 278 g/mol. The Balaban J connectivity index is 1.96. The summed E-state index contributed by atoms with van der Waals surface area (Å²) in [5.74, 6) is 0. The van der Waals surface area contributed by atoms with E-state index < -0.39 is 0 Å². The van der Waals surface area contributed by atoms with Gasteiger partial charge in [0.2, 0.25) is 0 Å². The Kier molecular flexibility index (Phi) is 3.32. The molecule has 1 saturated carbocycles. The molecule has 84 valence electrons. The van der Waals surface area contributed by atoms with Crippen LogP contribution in [0.1, 0.15) is 18.4 Å². The molecule has 0 aliphatic heterocycles. The molecule has 1 fully saturated rings. The molecule has 0 amide bonds. The van der Waals surface area contributed by atoms with Gasteiger partial charge in [-0.15, -0.1) is 0 Å². The molecule has 0 aromatic heterocycles. The van der Waals surface area contributed by atoms with E-state index in [2.05, 4.69) is 46.1 Å². The van der Waals surface area contributed by atoms with Gasteiger partial charge in [-0.25, -0.2) is 0 Å². The highest BCUT2D eigenvalue weighted by molar-refractivity contribution is 9.10. The van der Waals surface area contributed by atoms with Crippen LogP contribution >= 0.6 is 15.9 Å². The summed E-state index contributed by atoms with van der Waals surface area (Å²) in [6.45, 7) is 1.77. The Morgan fingerprint density at radius 3 is 2.69 bits per heavy atom. The lowest BCUT2D eigenvalue weighted by atomic mass is 10.1. The summed E-state index contributed by atoms with van der Waals surface area (Å²) in [4.78, 5) is 2.23. The van der Waals surface area contributed by atoms with E-state index in [1.54, 1.807) is 0 Å². The molecule has 0 unspecified atom stereocenters. The minimum absolute atomic E-state index is 0.0456. The van der Waals surface area contributed by atoms with Crippen LogP contribution in [0.3, 0.4) is 0 Å². The second kappa shape index (κ2) is 4.57. The van der Waals surface area contributed by atoms with Gasteiger partial charge < -0.3 is 4.90 Å². The summed E-state index contributed by atoms with van der Waals surface area (Å²) < 4.78 is 1.14. The number of nitriles is 1. The van der Waals surface area contributed by atoms with E-state index in [-0.39, 0.29) is 5.41 Å². The Morgan fingerprint density at radius 2 is 2.12 bits per heavy atom. The molecule has 1 aliphatic rings. The molecular weight excluding hydrogens is 264 g/mol. The van der Waals surface area contributed by atoms with Crippen LogP contribution in [0, 0.1) is 16.7 Å². The highest BCUT2D eigenvalue weighted by Crippen LogP contribution is 2.45. The third-order valence-electron chi connectivity index (χ3n) is 3.06. The first-order valence-electron chi connectivity index (χ1n) is 5.48. The molecule has 1 aromatic rings. The normalized spacial score (nSPS) is 17.1. The molecule has 0 saturated heterocycles. The van der Waals surface area contributed by atoms with Gasteiger partial charge in [-0.2, -0.15) is 5.26 Å². The second-order valence-electron chi connectivity index (χ2n) is 4.66. The number of benzene rings is 1. The fourth-order valence-electron chi connectivity index (χ4n) is 1.95. The second-order valence-corrected chi connectivity index (χ2v) is 5.51. The van der Waals surface area contributed by atoms with Gasteiger partial charge in [0.1, 0.15) is 0 Å². The third-order valence-corrected chi connectivity index (χ3v) is 3.84. The molecular formula is C13H15BrN2. The zero-order chi connectivity index (χ0) is 11.6. The number of hydrogen-bond donors (Lipinski definition) is 0. The lowest BCUT2D eigenvalue weighted by Crippen LogP contribution is -2.25. The van der Waals surface area contributed by atoms with Crippen molar-refractivity contribution in [2.75, 3.05) is 13.6 Å².